The molecule has 90 valence electrons. The third-order valence-electron chi connectivity index (χ3n) is 2.69. The fourth-order valence-electron chi connectivity index (χ4n) is 1.33. The predicted molar refractivity (Wildman–Crippen MR) is 68.7 cm³/mol. The van der Waals surface area contributed by atoms with Gasteiger partial charge in [0.25, 0.3) is 0 Å². The normalized spacial score (nSPS) is 13.6. The molecule has 0 aromatic heterocycles. The van der Waals surface area contributed by atoms with E-state index in [1.165, 1.54) is 12.1 Å². The van der Waals surface area contributed by atoms with Gasteiger partial charge < -0.3 is 4.74 Å². The molecule has 0 heterocycles. The van der Waals surface area contributed by atoms with E-state index in [-0.39, 0.29) is 11.2 Å². The number of thiol groups is 1. The lowest BCUT2D eigenvalue weighted by atomic mass is 9.82. The number of hydrogen-bond acceptors (Lipinski definition) is 2. The van der Waals surface area contributed by atoms with Crippen molar-refractivity contribution in [1.82, 2.24) is 0 Å². The molecule has 0 spiro atoms. The van der Waals surface area contributed by atoms with Crippen molar-refractivity contribution in [3.8, 4) is 5.75 Å². The van der Waals surface area contributed by atoms with E-state index < -0.39 is 0 Å². The Bertz CT molecular complexity index is 333. The number of benzene rings is 1. The Kier molecular flexibility index (Phi) is 4.66. The lowest BCUT2D eigenvalue weighted by Crippen LogP contribution is -2.28. The van der Waals surface area contributed by atoms with E-state index in [0.717, 1.165) is 5.75 Å². The van der Waals surface area contributed by atoms with Gasteiger partial charge in [0.05, 0.1) is 6.61 Å². The molecule has 0 aliphatic rings. The monoisotopic (exact) mass is 242 g/mol. The van der Waals surface area contributed by atoms with Crippen molar-refractivity contribution < 1.29 is 9.13 Å². The molecular formula is C13H19FOS. The molecule has 1 aromatic rings. The minimum atomic E-state index is -0.268. The van der Waals surface area contributed by atoms with Gasteiger partial charge in [-0.1, -0.05) is 26.8 Å². The van der Waals surface area contributed by atoms with Gasteiger partial charge in [0.2, 0.25) is 0 Å². The number of hydrogen-bond donors (Lipinski definition) is 1. The van der Waals surface area contributed by atoms with Crippen LogP contribution in [0.5, 0.6) is 5.75 Å². The SMILES string of the molecule is CC(C)(C)C(CS)COc1cccc(F)c1. The van der Waals surface area contributed by atoms with Crippen molar-refractivity contribution in [3.63, 3.8) is 0 Å². The van der Waals surface area contributed by atoms with Crippen LogP contribution in [-0.4, -0.2) is 12.4 Å². The molecule has 0 amide bonds. The number of halogens is 1. The summed E-state index contributed by atoms with van der Waals surface area (Å²) in [5.41, 5.74) is 0.148. The second-order valence-electron chi connectivity index (χ2n) is 5.01. The number of rotatable bonds is 4. The lowest BCUT2D eigenvalue weighted by molar-refractivity contribution is 0.165. The molecule has 3 heteroatoms. The first-order valence-corrected chi connectivity index (χ1v) is 6.06. The molecule has 0 fully saturated rings. The smallest absolute Gasteiger partial charge is 0.126 e. The standard InChI is InChI=1S/C13H19FOS/c1-13(2,3)10(9-16)8-15-12-6-4-5-11(14)7-12/h4-7,10,16H,8-9H2,1-3H3. The topological polar surface area (TPSA) is 9.23 Å². The van der Waals surface area contributed by atoms with Gasteiger partial charge in [0, 0.05) is 12.0 Å². The van der Waals surface area contributed by atoms with Gasteiger partial charge in [0.15, 0.2) is 0 Å². The molecule has 16 heavy (non-hydrogen) atoms. The fourth-order valence-corrected chi connectivity index (χ4v) is 1.98. The first kappa shape index (κ1) is 13.4. The minimum absolute atomic E-state index is 0.148. The summed E-state index contributed by atoms with van der Waals surface area (Å²) in [7, 11) is 0. The Morgan fingerprint density at radius 2 is 2.06 bits per heavy atom. The van der Waals surface area contributed by atoms with Gasteiger partial charge in [-0.25, -0.2) is 4.39 Å². The van der Waals surface area contributed by atoms with Gasteiger partial charge in [-0.15, -0.1) is 0 Å². The molecule has 1 aromatic carbocycles. The molecular weight excluding hydrogens is 223 g/mol. The van der Waals surface area contributed by atoms with E-state index in [2.05, 4.69) is 33.4 Å². The molecule has 1 rings (SSSR count). The molecule has 1 atom stereocenters. The van der Waals surface area contributed by atoms with Crippen LogP contribution in [0.1, 0.15) is 20.8 Å². The van der Waals surface area contributed by atoms with Crippen molar-refractivity contribution in [2.75, 3.05) is 12.4 Å². The predicted octanol–water partition coefficient (Wildman–Crippen LogP) is 3.80. The van der Waals surface area contributed by atoms with Crippen LogP contribution in [0.3, 0.4) is 0 Å². The maximum Gasteiger partial charge on any atom is 0.126 e. The van der Waals surface area contributed by atoms with Gasteiger partial charge >= 0.3 is 0 Å². The van der Waals surface area contributed by atoms with E-state index in [1.54, 1.807) is 12.1 Å². The van der Waals surface area contributed by atoms with Crippen molar-refractivity contribution in [1.29, 1.82) is 0 Å². The summed E-state index contributed by atoms with van der Waals surface area (Å²) in [6, 6.07) is 6.23. The Morgan fingerprint density at radius 3 is 2.56 bits per heavy atom. The summed E-state index contributed by atoms with van der Waals surface area (Å²) < 4.78 is 18.5. The molecule has 0 N–H and O–H groups in total. The highest BCUT2D eigenvalue weighted by Gasteiger charge is 2.23. The van der Waals surface area contributed by atoms with Crippen LogP contribution in [0.4, 0.5) is 4.39 Å². The average Bonchev–Trinajstić information content (AvgIpc) is 2.16. The third kappa shape index (κ3) is 4.05. The van der Waals surface area contributed by atoms with Gasteiger partial charge in [-0.3, -0.25) is 0 Å². The first-order chi connectivity index (χ1) is 7.43. The summed E-state index contributed by atoms with van der Waals surface area (Å²) in [6.07, 6.45) is 0. The maximum absolute atomic E-state index is 12.9. The molecule has 1 unspecified atom stereocenters. The molecule has 0 saturated heterocycles. The summed E-state index contributed by atoms with van der Waals surface area (Å²) in [4.78, 5) is 0. The highest BCUT2D eigenvalue weighted by molar-refractivity contribution is 7.80. The highest BCUT2D eigenvalue weighted by atomic mass is 32.1. The van der Waals surface area contributed by atoms with Crippen LogP contribution in [-0.2, 0) is 0 Å². The lowest BCUT2D eigenvalue weighted by Gasteiger charge is -2.29. The van der Waals surface area contributed by atoms with Gasteiger partial charge in [-0.2, -0.15) is 12.6 Å². The van der Waals surface area contributed by atoms with Crippen LogP contribution in [0, 0.1) is 17.2 Å². The van der Waals surface area contributed by atoms with Crippen molar-refractivity contribution in [3.05, 3.63) is 30.1 Å². The van der Waals surface area contributed by atoms with Crippen LogP contribution in [0.15, 0.2) is 24.3 Å². The average molecular weight is 242 g/mol. The highest BCUT2D eigenvalue weighted by Crippen LogP contribution is 2.27. The Hall–Kier alpha value is -0.700. The first-order valence-electron chi connectivity index (χ1n) is 5.42. The van der Waals surface area contributed by atoms with Gasteiger partial charge in [-0.05, 0) is 23.3 Å². The summed E-state index contributed by atoms with van der Waals surface area (Å²) >= 11 is 4.32. The van der Waals surface area contributed by atoms with E-state index in [0.29, 0.717) is 18.3 Å². The largest absolute Gasteiger partial charge is 0.493 e. The summed E-state index contributed by atoms with van der Waals surface area (Å²) in [6.45, 7) is 7.03. The third-order valence-corrected chi connectivity index (χ3v) is 3.13. The molecule has 0 aliphatic carbocycles. The van der Waals surface area contributed by atoms with E-state index in [1.807, 2.05) is 0 Å². The zero-order valence-corrected chi connectivity index (χ0v) is 10.9. The maximum atomic E-state index is 12.9. The zero-order chi connectivity index (χ0) is 12.2. The summed E-state index contributed by atoms with van der Waals surface area (Å²) in [5.74, 6) is 1.42. The fraction of sp³-hybridized carbons (Fsp3) is 0.538. The van der Waals surface area contributed by atoms with Crippen molar-refractivity contribution in [2.45, 2.75) is 20.8 Å². The molecule has 0 bridgehead atoms. The quantitative estimate of drug-likeness (QED) is 0.790. The molecule has 1 nitrogen and oxygen atoms in total. The number of ether oxygens (including phenoxy) is 1. The van der Waals surface area contributed by atoms with E-state index in [9.17, 15) is 4.39 Å². The van der Waals surface area contributed by atoms with Crippen LogP contribution in [0.25, 0.3) is 0 Å². The molecule has 0 saturated carbocycles. The second-order valence-corrected chi connectivity index (χ2v) is 5.38. The van der Waals surface area contributed by atoms with Crippen LogP contribution >= 0.6 is 12.6 Å². The van der Waals surface area contributed by atoms with E-state index in [4.69, 9.17) is 4.74 Å². The zero-order valence-electron chi connectivity index (χ0n) is 10.0. The van der Waals surface area contributed by atoms with E-state index >= 15 is 0 Å². The van der Waals surface area contributed by atoms with Crippen molar-refractivity contribution in [2.24, 2.45) is 11.3 Å². The summed E-state index contributed by atoms with van der Waals surface area (Å²) in [5, 5.41) is 0. The minimum Gasteiger partial charge on any atom is -0.493 e. The molecule has 0 radical (unpaired) electrons. The van der Waals surface area contributed by atoms with Crippen molar-refractivity contribution >= 4 is 12.6 Å². The Labute approximate surface area is 102 Å². The van der Waals surface area contributed by atoms with Crippen LogP contribution < -0.4 is 4.74 Å². The van der Waals surface area contributed by atoms with Gasteiger partial charge in [0.1, 0.15) is 11.6 Å². The van der Waals surface area contributed by atoms with Crippen LogP contribution in [0.2, 0.25) is 0 Å². The molecule has 0 aliphatic heterocycles. The second kappa shape index (κ2) is 5.58. The Balaban J connectivity index is 2.56. The Morgan fingerprint density at radius 1 is 1.38 bits per heavy atom.